The zero-order chi connectivity index (χ0) is 18.0. The molecule has 0 unspecified atom stereocenters. The Morgan fingerprint density at radius 3 is 2.92 bits per heavy atom. The van der Waals surface area contributed by atoms with Crippen molar-refractivity contribution >= 4 is 39.7 Å². The van der Waals surface area contributed by atoms with Gasteiger partial charge in [0.1, 0.15) is 16.3 Å². The van der Waals surface area contributed by atoms with Crippen molar-refractivity contribution in [3.8, 4) is 0 Å². The Balaban J connectivity index is 2.23. The second-order valence-electron chi connectivity index (χ2n) is 5.53. The Morgan fingerprint density at radius 2 is 2.24 bits per heavy atom. The standard InChI is InChI=1S/C18H19N3O3S/c1-4-10-21-16(22)15-14(11-8-6-7-9-12(11)19-15)20-18(21)25-13(5-2)17(23)24-3/h4,6-9,13,19H,1,5,10H2,2-3H3/t13-/m0/s1. The van der Waals surface area contributed by atoms with Crippen LogP contribution in [0.15, 0.2) is 46.9 Å². The van der Waals surface area contributed by atoms with E-state index in [4.69, 9.17) is 4.74 Å². The van der Waals surface area contributed by atoms with Crippen LogP contribution in [0.5, 0.6) is 0 Å². The summed E-state index contributed by atoms with van der Waals surface area (Å²) in [5, 5.41) is 0.948. The van der Waals surface area contributed by atoms with Crippen molar-refractivity contribution < 1.29 is 9.53 Å². The predicted octanol–water partition coefficient (Wildman–Crippen LogP) is 3.11. The summed E-state index contributed by atoms with van der Waals surface area (Å²) in [6, 6.07) is 7.64. The molecule has 3 aromatic rings. The van der Waals surface area contributed by atoms with Crippen molar-refractivity contribution in [3.05, 3.63) is 47.3 Å². The molecule has 0 amide bonds. The molecule has 0 radical (unpaired) electrons. The van der Waals surface area contributed by atoms with E-state index in [2.05, 4.69) is 16.5 Å². The molecule has 0 saturated heterocycles. The zero-order valence-corrected chi connectivity index (χ0v) is 14.9. The molecule has 25 heavy (non-hydrogen) atoms. The van der Waals surface area contributed by atoms with Crippen molar-refractivity contribution in [2.75, 3.05) is 7.11 Å². The summed E-state index contributed by atoms with van der Waals surface area (Å²) >= 11 is 1.24. The van der Waals surface area contributed by atoms with E-state index in [1.54, 1.807) is 6.08 Å². The molecule has 1 N–H and O–H groups in total. The second kappa shape index (κ2) is 7.14. The number of benzene rings is 1. The van der Waals surface area contributed by atoms with E-state index in [0.29, 0.717) is 29.2 Å². The van der Waals surface area contributed by atoms with Crippen LogP contribution in [0, 0.1) is 0 Å². The lowest BCUT2D eigenvalue weighted by Crippen LogP contribution is -2.25. The van der Waals surface area contributed by atoms with Crippen LogP contribution in [-0.2, 0) is 16.1 Å². The number of esters is 1. The number of H-pyrrole nitrogens is 1. The summed E-state index contributed by atoms with van der Waals surface area (Å²) in [5.74, 6) is -0.328. The van der Waals surface area contributed by atoms with Gasteiger partial charge in [-0.3, -0.25) is 14.2 Å². The number of methoxy groups -OCH3 is 1. The number of para-hydroxylation sites is 1. The van der Waals surface area contributed by atoms with Crippen molar-refractivity contribution in [1.29, 1.82) is 0 Å². The normalized spacial score (nSPS) is 12.4. The largest absolute Gasteiger partial charge is 0.468 e. The van der Waals surface area contributed by atoms with Gasteiger partial charge in [0.05, 0.1) is 7.11 Å². The molecule has 2 aromatic heterocycles. The van der Waals surface area contributed by atoms with Gasteiger partial charge in [0.25, 0.3) is 5.56 Å². The highest BCUT2D eigenvalue weighted by atomic mass is 32.2. The Bertz CT molecular complexity index is 1010. The Kier molecular flexibility index (Phi) is 4.94. The number of carbonyl (C=O) groups excluding carboxylic acids is 1. The number of thioether (sulfide) groups is 1. The summed E-state index contributed by atoms with van der Waals surface area (Å²) in [6.45, 7) is 5.93. The maximum atomic E-state index is 12.9. The maximum absolute atomic E-state index is 12.9. The average molecular weight is 357 g/mol. The maximum Gasteiger partial charge on any atom is 0.319 e. The van der Waals surface area contributed by atoms with Gasteiger partial charge in [-0.15, -0.1) is 6.58 Å². The molecule has 0 aliphatic rings. The van der Waals surface area contributed by atoms with E-state index < -0.39 is 5.25 Å². The van der Waals surface area contributed by atoms with Gasteiger partial charge in [-0.2, -0.15) is 0 Å². The van der Waals surface area contributed by atoms with E-state index in [-0.39, 0.29) is 11.5 Å². The van der Waals surface area contributed by atoms with Crippen LogP contribution < -0.4 is 5.56 Å². The van der Waals surface area contributed by atoms with Gasteiger partial charge >= 0.3 is 5.97 Å². The van der Waals surface area contributed by atoms with Crippen molar-refractivity contribution in [1.82, 2.24) is 14.5 Å². The van der Waals surface area contributed by atoms with Gasteiger partial charge in [-0.25, -0.2) is 4.98 Å². The fraction of sp³-hybridized carbons (Fsp3) is 0.278. The van der Waals surface area contributed by atoms with Gasteiger partial charge in [0, 0.05) is 17.4 Å². The van der Waals surface area contributed by atoms with E-state index in [0.717, 1.165) is 10.9 Å². The second-order valence-corrected chi connectivity index (χ2v) is 6.70. The summed E-state index contributed by atoms with van der Waals surface area (Å²) < 4.78 is 6.38. The number of allylic oxidation sites excluding steroid dienone is 1. The molecule has 0 fully saturated rings. The van der Waals surface area contributed by atoms with Crippen LogP contribution in [0.3, 0.4) is 0 Å². The highest BCUT2D eigenvalue weighted by molar-refractivity contribution is 8.00. The highest BCUT2D eigenvalue weighted by Crippen LogP contribution is 2.28. The van der Waals surface area contributed by atoms with Crippen molar-refractivity contribution in [2.45, 2.75) is 30.3 Å². The van der Waals surface area contributed by atoms with Gasteiger partial charge in [-0.1, -0.05) is 43.0 Å². The minimum absolute atomic E-state index is 0.177. The lowest BCUT2D eigenvalue weighted by atomic mass is 10.2. The first-order valence-corrected chi connectivity index (χ1v) is 8.85. The monoisotopic (exact) mass is 357 g/mol. The number of nitrogens with one attached hydrogen (secondary N) is 1. The number of carbonyl (C=O) groups is 1. The van der Waals surface area contributed by atoms with Gasteiger partial charge < -0.3 is 9.72 Å². The Morgan fingerprint density at radius 1 is 1.48 bits per heavy atom. The van der Waals surface area contributed by atoms with Crippen LogP contribution in [0.1, 0.15) is 13.3 Å². The minimum Gasteiger partial charge on any atom is -0.468 e. The lowest BCUT2D eigenvalue weighted by molar-refractivity contribution is -0.140. The average Bonchev–Trinajstić information content (AvgIpc) is 3.01. The topological polar surface area (TPSA) is 77.0 Å². The molecule has 0 aliphatic carbocycles. The number of hydrogen-bond donors (Lipinski definition) is 1. The molecular formula is C18H19N3O3S. The zero-order valence-electron chi connectivity index (χ0n) is 14.1. The van der Waals surface area contributed by atoms with Crippen LogP contribution in [-0.4, -0.2) is 32.9 Å². The third kappa shape index (κ3) is 3.07. The summed E-state index contributed by atoms with van der Waals surface area (Å²) in [7, 11) is 1.36. The quantitative estimate of drug-likeness (QED) is 0.317. The number of aromatic amines is 1. The molecule has 0 spiro atoms. The smallest absolute Gasteiger partial charge is 0.319 e. The fourth-order valence-corrected chi connectivity index (χ4v) is 3.76. The molecule has 0 bridgehead atoms. The van der Waals surface area contributed by atoms with E-state index in [1.165, 1.54) is 23.4 Å². The first-order valence-electron chi connectivity index (χ1n) is 7.97. The predicted molar refractivity (Wildman–Crippen MR) is 100 cm³/mol. The number of nitrogens with zero attached hydrogens (tertiary/aromatic N) is 2. The van der Waals surface area contributed by atoms with Crippen LogP contribution in [0.25, 0.3) is 21.9 Å². The number of hydrogen-bond acceptors (Lipinski definition) is 5. The summed E-state index contributed by atoms with van der Waals surface area (Å²) in [5.41, 5.74) is 1.75. The number of rotatable bonds is 6. The van der Waals surface area contributed by atoms with E-state index in [1.807, 2.05) is 31.2 Å². The third-order valence-corrected chi connectivity index (χ3v) is 5.30. The number of aromatic nitrogens is 3. The van der Waals surface area contributed by atoms with Gasteiger partial charge in [-0.05, 0) is 12.5 Å². The molecule has 3 rings (SSSR count). The molecule has 130 valence electrons. The molecule has 1 aromatic carbocycles. The molecule has 2 heterocycles. The van der Waals surface area contributed by atoms with Crippen LogP contribution in [0.2, 0.25) is 0 Å². The molecule has 1 atom stereocenters. The van der Waals surface area contributed by atoms with Crippen LogP contribution >= 0.6 is 11.8 Å². The fourth-order valence-electron chi connectivity index (χ4n) is 2.71. The summed E-state index contributed by atoms with van der Waals surface area (Å²) in [6.07, 6.45) is 2.22. The van der Waals surface area contributed by atoms with E-state index >= 15 is 0 Å². The molecule has 7 heteroatoms. The van der Waals surface area contributed by atoms with Crippen molar-refractivity contribution in [2.24, 2.45) is 0 Å². The molecule has 6 nitrogen and oxygen atoms in total. The first kappa shape index (κ1) is 17.3. The highest BCUT2D eigenvalue weighted by Gasteiger charge is 2.23. The lowest BCUT2D eigenvalue weighted by Gasteiger charge is -2.15. The molecular weight excluding hydrogens is 338 g/mol. The Labute approximate surface area is 148 Å². The Hall–Kier alpha value is -2.54. The van der Waals surface area contributed by atoms with E-state index in [9.17, 15) is 9.59 Å². The molecule has 0 aliphatic heterocycles. The first-order chi connectivity index (χ1) is 12.1. The van der Waals surface area contributed by atoms with Crippen molar-refractivity contribution in [3.63, 3.8) is 0 Å². The summed E-state index contributed by atoms with van der Waals surface area (Å²) in [4.78, 5) is 32.7. The minimum atomic E-state index is -0.421. The number of ether oxygens (including phenoxy) is 1. The van der Waals surface area contributed by atoms with Gasteiger partial charge in [0.15, 0.2) is 5.16 Å². The SMILES string of the molecule is C=CCn1c(S[C@@H](CC)C(=O)OC)nc2c([nH]c3ccccc32)c1=O. The molecule has 0 saturated carbocycles. The third-order valence-electron chi connectivity index (χ3n) is 3.97. The number of fused-ring (bicyclic) bond motifs is 3. The van der Waals surface area contributed by atoms with Gasteiger partial charge in [0.2, 0.25) is 0 Å². The van der Waals surface area contributed by atoms with Crippen LogP contribution in [0.4, 0.5) is 0 Å².